The lowest BCUT2D eigenvalue weighted by Crippen LogP contribution is -1.88. The van der Waals surface area contributed by atoms with Crippen LogP contribution >= 0.6 is 0 Å². The number of hydrogen-bond acceptors (Lipinski definition) is 4. The summed E-state index contributed by atoms with van der Waals surface area (Å²) in [7, 11) is 0. The highest BCUT2D eigenvalue weighted by molar-refractivity contribution is 5.45. The quantitative estimate of drug-likeness (QED) is 0.192. The first-order valence-electron chi connectivity index (χ1n) is 11.6. The monoisotopic (exact) mass is 426 g/mol. The summed E-state index contributed by atoms with van der Waals surface area (Å²) in [6.07, 6.45) is 18.0. The maximum Gasteiger partial charge on any atom is 0.122 e. The lowest BCUT2D eigenvalue weighted by molar-refractivity contribution is 0.441. The van der Waals surface area contributed by atoms with Crippen LogP contribution in [0.15, 0.2) is 42.5 Å². The minimum atomic E-state index is 0.129. The molecule has 4 heteroatoms. The Labute approximate surface area is 186 Å². The highest BCUT2D eigenvalue weighted by atomic mass is 16.3. The van der Waals surface area contributed by atoms with E-state index in [9.17, 15) is 20.4 Å². The number of hydrogen-bond donors (Lipinski definition) is 4. The molecule has 0 spiro atoms. The first-order chi connectivity index (χ1) is 15.0. The van der Waals surface area contributed by atoms with E-state index in [-0.39, 0.29) is 23.0 Å². The van der Waals surface area contributed by atoms with Crippen molar-refractivity contribution in [2.45, 2.75) is 84.0 Å². The van der Waals surface area contributed by atoms with Gasteiger partial charge in [0.25, 0.3) is 0 Å². The summed E-state index contributed by atoms with van der Waals surface area (Å²) in [6, 6.07) is 8.32. The molecule has 0 radical (unpaired) electrons. The summed E-state index contributed by atoms with van der Waals surface area (Å²) in [6.45, 7) is 1.72. The summed E-state index contributed by atoms with van der Waals surface area (Å²) >= 11 is 0. The Morgan fingerprint density at radius 3 is 1.52 bits per heavy atom. The normalized spacial score (nSPS) is 11.4. The third-order valence-corrected chi connectivity index (χ3v) is 5.71. The first-order valence-corrected chi connectivity index (χ1v) is 11.6. The number of allylic oxidation sites excluding steroid dienone is 2. The van der Waals surface area contributed by atoms with Gasteiger partial charge in [0.15, 0.2) is 0 Å². The molecule has 0 aliphatic carbocycles. The van der Waals surface area contributed by atoms with Crippen LogP contribution in [0.4, 0.5) is 0 Å². The van der Waals surface area contributed by atoms with Crippen molar-refractivity contribution >= 4 is 0 Å². The fraction of sp³-hybridized carbons (Fsp3) is 0.481. The molecule has 4 N–H and O–H groups in total. The summed E-state index contributed by atoms with van der Waals surface area (Å²) in [4.78, 5) is 0. The van der Waals surface area contributed by atoms with Crippen molar-refractivity contribution in [3.63, 3.8) is 0 Å². The van der Waals surface area contributed by atoms with Crippen molar-refractivity contribution in [3.05, 3.63) is 59.2 Å². The highest BCUT2D eigenvalue weighted by Gasteiger charge is 2.05. The number of rotatable bonds is 14. The van der Waals surface area contributed by atoms with Gasteiger partial charge in [0.2, 0.25) is 0 Å². The molecule has 0 aromatic heterocycles. The van der Waals surface area contributed by atoms with Crippen LogP contribution in [0.2, 0.25) is 0 Å². The van der Waals surface area contributed by atoms with E-state index in [1.54, 1.807) is 31.2 Å². The third kappa shape index (κ3) is 9.82. The zero-order valence-corrected chi connectivity index (χ0v) is 18.8. The van der Waals surface area contributed by atoms with Gasteiger partial charge in [-0.1, -0.05) is 37.8 Å². The third-order valence-electron chi connectivity index (χ3n) is 5.71. The second-order valence-electron chi connectivity index (χ2n) is 8.49. The summed E-state index contributed by atoms with van der Waals surface area (Å²) < 4.78 is 0. The summed E-state index contributed by atoms with van der Waals surface area (Å²) in [5.41, 5.74) is 2.54. The smallest absolute Gasteiger partial charge is 0.122 e. The van der Waals surface area contributed by atoms with Gasteiger partial charge in [0, 0.05) is 11.6 Å². The van der Waals surface area contributed by atoms with Gasteiger partial charge in [-0.2, -0.15) is 0 Å². The Kier molecular flexibility index (Phi) is 10.8. The Morgan fingerprint density at radius 2 is 0.968 bits per heavy atom. The molecule has 2 aromatic rings. The molecule has 2 rings (SSSR count). The maximum absolute atomic E-state index is 9.77. The van der Waals surface area contributed by atoms with Crippen LogP contribution in [0.3, 0.4) is 0 Å². The van der Waals surface area contributed by atoms with Crippen LogP contribution in [0.25, 0.3) is 0 Å². The number of aryl methyl sites for hydroxylation is 2. The Hall–Kier alpha value is -2.62. The van der Waals surface area contributed by atoms with Crippen LogP contribution < -0.4 is 0 Å². The molecule has 31 heavy (non-hydrogen) atoms. The fourth-order valence-electron chi connectivity index (χ4n) is 3.81. The molecular weight excluding hydrogens is 388 g/mol. The lowest BCUT2D eigenvalue weighted by atomic mass is 10.0. The maximum atomic E-state index is 9.77. The molecule has 0 saturated heterocycles. The molecule has 2 aromatic carbocycles. The van der Waals surface area contributed by atoms with Crippen molar-refractivity contribution in [3.8, 4) is 23.0 Å². The van der Waals surface area contributed by atoms with Crippen molar-refractivity contribution < 1.29 is 20.4 Å². The summed E-state index contributed by atoms with van der Waals surface area (Å²) in [5.74, 6) is 0.617. The molecule has 0 amide bonds. The van der Waals surface area contributed by atoms with Gasteiger partial charge in [-0.25, -0.2) is 0 Å². The molecule has 0 atom stereocenters. The molecule has 0 bridgehead atoms. The zero-order valence-electron chi connectivity index (χ0n) is 18.8. The molecule has 4 nitrogen and oxygen atoms in total. The molecular formula is C27H38O4. The van der Waals surface area contributed by atoms with Gasteiger partial charge >= 0.3 is 0 Å². The van der Waals surface area contributed by atoms with Crippen LogP contribution in [0.1, 0.15) is 80.9 Å². The van der Waals surface area contributed by atoms with Gasteiger partial charge in [-0.3, -0.25) is 0 Å². The largest absolute Gasteiger partial charge is 0.508 e. The fourth-order valence-corrected chi connectivity index (χ4v) is 3.81. The van der Waals surface area contributed by atoms with Gasteiger partial charge in [-0.05, 0) is 93.7 Å². The minimum Gasteiger partial charge on any atom is -0.508 e. The van der Waals surface area contributed by atoms with E-state index in [0.29, 0.717) is 5.56 Å². The molecule has 0 saturated carbocycles. The van der Waals surface area contributed by atoms with Crippen molar-refractivity contribution in [1.82, 2.24) is 0 Å². The van der Waals surface area contributed by atoms with Gasteiger partial charge in [0.1, 0.15) is 23.0 Å². The molecule has 0 aliphatic heterocycles. The Balaban J connectivity index is 1.42. The standard InChI is InChI=1S/C27H38O4/c1-21-26(30)18-23(19-27(21)31)15-13-11-9-7-5-3-2-4-6-8-10-12-14-22-16-24(28)20-25(29)17-22/h2,4,16-20,28-31H,3,5-15H2,1H3. The van der Waals surface area contributed by atoms with E-state index in [1.807, 2.05) is 0 Å². The van der Waals surface area contributed by atoms with E-state index < -0.39 is 0 Å². The van der Waals surface area contributed by atoms with E-state index >= 15 is 0 Å². The number of phenols is 4. The van der Waals surface area contributed by atoms with Crippen LogP contribution in [-0.2, 0) is 12.8 Å². The molecule has 0 heterocycles. The van der Waals surface area contributed by atoms with Crippen LogP contribution in [-0.4, -0.2) is 20.4 Å². The SMILES string of the molecule is Cc1c(O)cc(CCCCCCCC=CCCCCCc2cc(O)cc(O)c2)cc1O. The predicted molar refractivity (Wildman–Crippen MR) is 127 cm³/mol. The Morgan fingerprint density at radius 1 is 0.548 bits per heavy atom. The minimum absolute atomic E-state index is 0.129. The number of phenolic OH excluding ortho intramolecular Hbond substituents is 4. The topological polar surface area (TPSA) is 80.9 Å². The summed E-state index contributed by atoms with van der Waals surface area (Å²) in [5, 5.41) is 38.5. The van der Waals surface area contributed by atoms with Crippen LogP contribution in [0, 0.1) is 6.92 Å². The number of aromatic hydroxyl groups is 4. The second-order valence-corrected chi connectivity index (χ2v) is 8.49. The van der Waals surface area contributed by atoms with E-state index in [1.165, 1.54) is 38.2 Å². The van der Waals surface area contributed by atoms with Crippen molar-refractivity contribution in [1.29, 1.82) is 0 Å². The number of benzene rings is 2. The van der Waals surface area contributed by atoms with Gasteiger partial charge in [-0.15, -0.1) is 0 Å². The average Bonchev–Trinajstić information content (AvgIpc) is 2.71. The Bertz CT molecular complexity index is 783. The van der Waals surface area contributed by atoms with Gasteiger partial charge in [0.05, 0.1) is 0 Å². The van der Waals surface area contributed by atoms with Gasteiger partial charge < -0.3 is 20.4 Å². The predicted octanol–water partition coefficient (Wildman–Crippen LogP) is 7.06. The van der Waals surface area contributed by atoms with E-state index in [2.05, 4.69) is 12.2 Å². The zero-order chi connectivity index (χ0) is 22.5. The molecule has 0 fully saturated rings. The second kappa shape index (κ2) is 13.6. The highest BCUT2D eigenvalue weighted by Crippen LogP contribution is 2.28. The lowest BCUT2D eigenvalue weighted by Gasteiger charge is -2.07. The first kappa shape index (κ1) is 24.6. The molecule has 170 valence electrons. The van der Waals surface area contributed by atoms with E-state index in [0.717, 1.165) is 56.1 Å². The average molecular weight is 427 g/mol. The molecule has 0 aliphatic rings. The number of unbranched alkanes of at least 4 members (excludes halogenated alkanes) is 8. The van der Waals surface area contributed by atoms with Crippen molar-refractivity contribution in [2.75, 3.05) is 0 Å². The van der Waals surface area contributed by atoms with Crippen molar-refractivity contribution in [2.24, 2.45) is 0 Å². The molecule has 0 unspecified atom stereocenters. The van der Waals surface area contributed by atoms with Crippen LogP contribution in [0.5, 0.6) is 23.0 Å². The van der Waals surface area contributed by atoms with E-state index in [4.69, 9.17) is 0 Å².